The van der Waals surface area contributed by atoms with Crippen molar-refractivity contribution in [2.24, 2.45) is 5.92 Å². The van der Waals surface area contributed by atoms with Gasteiger partial charge in [0.25, 0.3) is 0 Å². The lowest BCUT2D eigenvalue weighted by molar-refractivity contribution is -0.124. The summed E-state index contributed by atoms with van der Waals surface area (Å²) in [4.78, 5) is 18.9. The van der Waals surface area contributed by atoms with E-state index >= 15 is 0 Å². The van der Waals surface area contributed by atoms with Crippen molar-refractivity contribution in [3.63, 3.8) is 0 Å². The largest absolute Gasteiger partial charge is 0.381 e. The van der Waals surface area contributed by atoms with Crippen LogP contribution in [0.3, 0.4) is 0 Å². The van der Waals surface area contributed by atoms with Gasteiger partial charge in [-0.1, -0.05) is 0 Å². The van der Waals surface area contributed by atoms with Crippen molar-refractivity contribution in [3.8, 4) is 0 Å². The SMILES string of the molecule is Cc1nc(C)n(CC2CCCN(CC(=O)NC3CCOCC3)C2)n1. The normalized spacial score (nSPS) is 23.3. The molecule has 0 radical (unpaired) electrons. The van der Waals surface area contributed by atoms with Crippen LogP contribution in [0.25, 0.3) is 0 Å². The van der Waals surface area contributed by atoms with E-state index in [1.165, 1.54) is 6.42 Å². The van der Waals surface area contributed by atoms with E-state index in [0.717, 1.165) is 63.8 Å². The van der Waals surface area contributed by atoms with Crippen LogP contribution in [0.4, 0.5) is 0 Å². The fraction of sp³-hybridized carbons (Fsp3) is 0.824. The van der Waals surface area contributed by atoms with E-state index in [1.807, 2.05) is 18.5 Å². The first-order valence-corrected chi connectivity index (χ1v) is 9.07. The highest BCUT2D eigenvalue weighted by Crippen LogP contribution is 2.18. The van der Waals surface area contributed by atoms with Gasteiger partial charge in [-0.05, 0) is 52.0 Å². The molecule has 7 heteroatoms. The number of aromatic nitrogens is 3. The molecule has 0 saturated carbocycles. The van der Waals surface area contributed by atoms with Crippen molar-refractivity contribution in [2.45, 2.75) is 52.1 Å². The zero-order valence-electron chi connectivity index (χ0n) is 14.8. The van der Waals surface area contributed by atoms with Gasteiger partial charge in [-0.15, -0.1) is 0 Å². The minimum atomic E-state index is 0.148. The summed E-state index contributed by atoms with van der Waals surface area (Å²) in [5.74, 6) is 2.49. The molecule has 0 aliphatic carbocycles. The molecule has 24 heavy (non-hydrogen) atoms. The van der Waals surface area contributed by atoms with Crippen LogP contribution in [0.1, 0.15) is 37.3 Å². The lowest BCUT2D eigenvalue weighted by Gasteiger charge is -2.33. The molecule has 3 heterocycles. The summed E-state index contributed by atoms with van der Waals surface area (Å²) in [6, 6.07) is 0.285. The maximum atomic E-state index is 12.3. The van der Waals surface area contributed by atoms with Crippen LogP contribution < -0.4 is 5.32 Å². The molecule has 0 bridgehead atoms. The molecule has 3 rings (SSSR count). The zero-order chi connectivity index (χ0) is 16.9. The van der Waals surface area contributed by atoms with Crippen LogP contribution >= 0.6 is 0 Å². The summed E-state index contributed by atoms with van der Waals surface area (Å²) in [6.45, 7) is 8.81. The molecule has 134 valence electrons. The van der Waals surface area contributed by atoms with Gasteiger partial charge in [0.15, 0.2) is 0 Å². The van der Waals surface area contributed by atoms with E-state index in [-0.39, 0.29) is 11.9 Å². The third-order valence-electron chi connectivity index (χ3n) is 4.95. The number of piperidine rings is 1. The number of aryl methyl sites for hydroxylation is 2. The van der Waals surface area contributed by atoms with Crippen LogP contribution in [0.5, 0.6) is 0 Å². The van der Waals surface area contributed by atoms with Crippen LogP contribution in [-0.2, 0) is 16.1 Å². The fourth-order valence-corrected chi connectivity index (χ4v) is 3.74. The predicted molar refractivity (Wildman–Crippen MR) is 90.6 cm³/mol. The van der Waals surface area contributed by atoms with Crippen molar-refractivity contribution in [3.05, 3.63) is 11.6 Å². The number of amides is 1. The van der Waals surface area contributed by atoms with Gasteiger partial charge in [-0.3, -0.25) is 9.69 Å². The average Bonchev–Trinajstić information content (AvgIpc) is 2.86. The van der Waals surface area contributed by atoms with Gasteiger partial charge in [0, 0.05) is 32.3 Å². The maximum absolute atomic E-state index is 12.3. The minimum absolute atomic E-state index is 0.148. The second-order valence-corrected chi connectivity index (χ2v) is 7.09. The third-order valence-corrected chi connectivity index (χ3v) is 4.95. The van der Waals surface area contributed by atoms with E-state index in [2.05, 4.69) is 20.3 Å². The van der Waals surface area contributed by atoms with Gasteiger partial charge < -0.3 is 10.1 Å². The minimum Gasteiger partial charge on any atom is -0.381 e. The van der Waals surface area contributed by atoms with E-state index in [9.17, 15) is 4.79 Å². The summed E-state index contributed by atoms with van der Waals surface area (Å²) in [5.41, 5.74) is 0. The number of hydrogen-bond acceptors (Lipinski definition) is 5. The Morgan fingerprint density at radius 3 is 2.79 bits per heavy atom. The standard InChI is InChI=1S/C17H29N5O2/c1-13-18-14(2)22(20-13)11-15-4-3-7-21(10-15)12-17(23)19-16-5-8-24-9-6-16/h15-16H,3-12H2,1-2H3,(H,19,23). The highest BCUT2D eigenvalue weighted by Gasteiger charge is 2.24. The molecule has 1 unspecified atom stereocenters. The Bertz CT molecular complexity index is 553. The second kappa shape index (κ2) is 8.07. The van der Waals surface area contributed by atoms with E-state index in [1.54, 1.807) is 0 Å². The number of ether oxygens (including phenoxy) is 1. The van der Waals surface area contributed by atoms with Crippen LogP contribution in [0.2, 0.25) is 0 Å². The molecule has 2 saturated heterocycles. The van der Waals surface area contributed by atoms with Gasteiger partial charge >= 0.3 is 0 Å². The van der Waals surface area contributed by atoms with E-state index in [0.29, 0.717) is 12.5 Å². The first kappa shape index (κ1) is 17.4. The molecule has 2 aliphatic heterocycles. The summed E-state index contributed by atoms with van der Waals surface area (Å²) >= 11 is 0. The van der Waals surface area contributed by atoms with Gasteiger partial charge in [0.1, 0.15) is 11.6 Å². The highest BCUT2D eigenvalue weighted by atomic mass is 16.5. The Balaban J connectivity index is 1.46. The van der Waals surface area contributed by atoms with Crippen molar-refractivity contribution < 1.29 is 9.53 Å². The molecular formula is C17H29N5O2. The smallest absolute Gasteiger partial charge is 0.234 e. The zero-order valence-corrected chi connectivity index (χ0v) is 14.8. The van der Waals surface area contributed by atoms with Gasteiger partial charge in [-0.25, -0.2) is 9.67 Å². The first-order chi connectivity index (χ1) is 11.6. The second-order valence-electron chi connectivity index (χ2n) is 7.09. The summed E-state index contributed by atoms with van der Waals surface area (Å²) < 4.78 is 7.34. The summed E-state index contributed by atoms with van der Waals surface area (Å²) in [7, 11) is 0. The number of nitrogens with zero attached hydrogens (tertiary/aromatic N) is 4. The number of hydrogen-bond donors (Lipinski definition) is 1. The molecule has 2 aliphatic rings. The number of carbonyl (C=O) groups excluding carboxylic acids is 1. The molecule has 0 aromatic carbocycles. The summed E-state index contributed by atoms with van der Waals surface area (Å²) in [6.07, 6.45) is 4.19. The van der Waals surface area contributed by atoms with Crippen molar-refractivity contribution in [1.29, 1.82) is 0 Å². The van der Waals surface area contributed by atoms with Crippen LogP contribution in [-0.4, -0.2) is 64.5 Å². The molecule has 1 atom stereocenters. The first-order valence-electron chi connectivity index (χ1n) is 9.07. The Hall–Kier alpha value is -1.47. The number of likely N-dealkylation sites (tertiary alicyclic amines) is 1. The monoisotopic (exact) mass is 335 g/mol. The average molecular weight is 335 g/mol. The van der Waals surface area contributed by atoms with E-state index < -0.39 is 0 Å². The number of nitrogens with one attached hydrogen (secondary N) is 1. The molecule has 1 aromatic rings. The van der Waals surface area contributed by atoms with E-state index in [4.69, 9.17) is 4.74 Å². The molecule has 1 aromatic heterocycles. The lowest BCUT2D eigenvalue weighted by Crippen LogP contribution is -2.47. The van der Waals surface area contributed by atoms with Crippen molar-refractivity contribution in [1.82, 2.24) is 25.0 Å². The van der Waals surface area contributed by atoms with Crippen LogP contribution in [0, 0.1) is 19.8 Å². The van der Waals surface area contributed by atoms with Gasteiger partial charge in [-0.2, -0.15) is 5.10 Å². The highest BCUT2D eigenvalue weighted by molar-refractivity contribution is 5.78. The Labute approximate surface area is 143 Å². The Morgan fingerprint density at radius 2 is 2.08 bits per heavy atom. The topological polar surface area (TPSA) is 72.3 Å². The van der Waals surface area contributed by atoms with Crippen molar-refractivity contribution in [2.75, 3.05) is 32.8 Å². The number of rotatable bonds is 5. The molecular weight excluding hydrogens is 306 g/mol. The molecule has 0 spiro atoms. The third kappa shape index (κ3) is 4.77. The number of carbonyl (C=O) groups is 1. The van der Waals surface area contributed by atoms with Gasteiger partial charge in [0.05, 0.1) is 6.54 Å². The fourth-order valence-electron chi connectivity index (χ4n) is 3.74. The van der Waals surface area contributed by atoms with Crippen LogP contribution in [0.15, 0.2) is 0 Å². The quantitative estimate of drug-likeness (QED) is 0.866. The Morgan fingerprint density at radius 1 is 1.29 bits per heavy atom. The van der Waals surface area contributed by atoms with Crippen molar-refractivity contribution >= 4 is 5.91 Å². The summed E-state index contributed by atoms with van der Waals surface area (Å²) in [5, 5.41) is 7.62. The Kier molecular flexibility index (Phi) is 5.84. The van der Waals surface area contributed by atoms with Gasteiger partial charge in [0.2, 0.25) is 5.91 Å². The lowest BCUT2D eigenvalue weighted by atomic mass is 9.98. The molecule has 7 nitrogen and oxygen atoms in total. The molecule has 1 amide bonds. The molecule has 2 fully saturated rings. The predicted octanol–water partition coefficient (Wildman–Crippen LogP) is 0.902. The maximum Gasteiger partial charge on any atom is 0.234 e. The molecule has 1 N–H and O–H groups in total.